The standard InChI is InChI=1S/C19H19ClN2OS/c1-4-7-13-10-11-17(24-13)16-12-18(19(2,3)23)21-22(16)15-9-6-5-8-14(15)20/h4-12,23H,1-3H3/b7-4+. The first-order valence-corrected chi connectivity index (χ1v) is 8.90. The van der Waals surface area contributed by atoms with E-state index in [1.807, 2.05) is 43.3 Å². The quantitative estimate of drug-likeness (QED) is 0.667. The first-order chi connectivity index (χ1) is 11.4. The molecule has 24 heavy (non-hydrogen) atoms. The van der Waals surface area contributed by atoms with Crippen LogP contribution in [0.2, 0.25) is 5.02 Å². The Hall–Kier alpha value is -1.88. The highest BCUT2D eigenvalue weighted by atomic mass is 35.5. The lowest BCUT2D eigenvalue weighted by Gasteiger charge is -2.13. The van der Waals surface area contributed by atoms with Gasteiger partial charge in [-0.25, -0.2) is 4.68 Å². The molecule has 0 spiro atoms. The van der Waals surface area contributed by atoms with Crippen LogP contribution in [-0.2, 0) is 5.60 Å². The number of thiophene rings is 1. The van der Waals surface area contributed by atoms with E-state index in [2.05, 4.69) is 23.3 Å². The molecule has 0 fully saturated rings. The second kappa shape index (κ2) is 6.55. The molecule has 0 bridgehead atoms. The molecule has 5 heteroatoms. The van der Waals surface area contributed by atoms with Gasteiger partial charge in [-0.15, -0.1) is 11.3 Å². The van der Waals surface area contributed by atoms with E-state index < -0.39 is 5.60 Å². The van der Waals surface area contributed by atoms with Gasteiger partial charge in [-0.3, -0.25) is 0 Å². The van der Waals surface area contributed by atoms with Gasteiger partial charge in [0.15, 0.2) is 0 Å². The van der Waals surface area contributed by atoms with E-state index >= 15 is 0 Å². The van der Waals surface area contributed by atoms with Gasteiger partial charge in [-0.1, -0.05) is 29.8 Å². The third-order valence-corrected chi connectivity index (χ3v) is 5.02. The Labute approximate surface area is 150 Å². The van der Waals surface area contributed by atoms with Crippen LogP contribution in [0, 0.1) is 0 Å². The van der Waals surface area contributed by atoms with Crippen LogP contribution in [0.5, 0.6) is 0 Å². The van der Waals surface area contributed by atoms with E-state index in [4.69, 9.17) is 11.6 Å². The smallest absolute Gasteiger partial charge is 0.103 e. The molecule has 1 aromatic carbocycles. The Morgan fingerprint density at radius 1 is 1.21 bits per heavy atom. The van der Waals surface area contributed by atoms with E-state index in [0.29, 0.717) is 10.7 Å². The first-order valence-electron chi connectivity index (χ1n) is 7.71. The van der Waals surface area contributed by atoms with Crippen LogP contribution >= 0.6 is 22.9 Å². The molecule has 3 nitrogen and oxygen atoms in total. The Balaban J connectivity index is 2.20. The van der Waals surface area contributed by atoms with E-state index in [1.54, 1.807) is 29.9 Å². The maximum atomic E-state index is 10.4. The summed E-state index contributed by atoms with van der Waals surface area (Å²) >= 11 is 8.04. The van der Waals surface area contributed by atoms with Gasteiger partial charge in [0.05, 0.1) is 27.0 Å². The highest BCUT2D eigenvalue weighted by Gasteiger charge is 2.24. The minimum Gasteiger partial charge on any atom is -0.384 e. The van der Waals surface area contributed by atoms with E-state index in [0.717, 1.165) is 16.3 Å². The predicted octanol–water partition coefficient (Wildman–Crippen LogP) is 5.51. The third-order valence-electron chi connectivity index (χ3n) is 3.63. The minimum absolute atomic E-state index is 0.610. The highest BCUT2D eigenvalue weighted by molar-refractivity contribution is 7.16. The molecule has 0 saturated carbocycles. The van der Waals surface area contributed by atoms with Gasteiger partial charge < -0.3 is 5.11 Å². The average Bonchev–Trinajstić information content (AvgIpc) is 3.14. The molecule has 0 aliphatic rings. The van der Waals surface area contributed by atoms with Crippen LogP contribution in [0.1, 0.15) is 31.3 Å². The lowest BCUT2D eigenvalue weighted by molar-refractivity contribution is 0.0734. The van der Waals surface area contributed by atoms with Crippen molar-refractivity contribution in [1.82, 2.24) is 9.78 Å². The lowest BCUT2D eigenvalue weighted by Crippen LogP contribution is -2.16. The van der Waals surface area contributed by atoms with Crippen LogP contribution in [0.25, 0.3) is 22.3 Å². The largest absolute Gasteiger partial charge is 0.384 e. The van der Waals surface area contributed by atoms with Crippen molar-refractivity contribution < 1.29 is 5.11 Å². The zero-order valence-corrected chi connectivity index (χ0v) is 15.4. The zero-order chi connectivity index (χ0) is 17.3. The van der Waals surface area contributed by atoms with Crippen LogP contribution in [0.3, 0.4) is 0 Å². The fourth-order valence-corrected chi connectivity index (χ4v) is 3.60. The fraction of sp³-hybridized carbons (Fsp3) is 0.211. The summed E-state index contributed by atoms with van der Waals surface area (Å²) in [6.45, 7) is 5.46. The summed E-state index contributed by atoms with van der Waals surface area (Å²) in [6.07, 6.45) is 4.09. The first kappa shape index (κ1) is 17.0. The number of hydrogen-bond donors (Lipinski definition) is 1. The van der Waals surface area contributed by atoms with Crippen molar-refractivity contribution in [3.8, 4) is 16.3 Å². The summed E-state index contributed by atoms with van der Waals surface area (Å²) < 4.78 is 1.81. The Morgan fingerprint density at radius 3 is 2.62 bits per heavy atom. The summed E-state index contributed by atoms with van der Waals surface area (Å²) in [5, 5.41) is 15.6. The van der Waals surface area contributed by atoms with Gasteiger partial charge in [0.1, 0.15) is 5.60 Å². The Kier molecular flexibility index (Phi) is 4.63. The third kappa shape index (κ3) is 3.31. The fourth-order valence-electron chi connectivity index (χ4n) is 2.41. The Morgan fingerprint density at radius 2 is 1.96 bits per heavy atom. The molecule has 3 rings (SSSR count). The molecule has 0 atom stereocenters. The Bertz CT molecular complexity index is 887. The number of allylic oxidation sites excluding steroid dienone is 1. The minimum atomic E-state index is -1.02. The average molecular weight is 359 g/mol. The summed E-state index contributed by atoms with van der Waals surface area (Å²) in [6, 6.07) is 13.7. The molecule has 2 aromatic heterocycles. The van der Waals surface area contributed by atoms with Gasteiger partial charge >= 0.3 is 0 Å². The maximum Gasteiger partial charge on any atom is 0.103 e. The van der Waals surface area contributed by atoms with Crippen molar-refractivity contribution in [2.24, 2.45) is 0 Å². The number of aromatic nitrogens is 2. The molecular weight excluding hydrogens is 340 g/mol. The predicted molar refractivity (Wildman–Crippen MR) is 102 cm³/mol. The number of para-hydroxylation sites is 1. The molecular formula is C19H19ClN2OS. The van der Waals surface area contributed by atoms with Crippen LogP contribution in [0.4, 0.5) is 0 Å². The molecule has 0 amide bonds. The monoisotopic (exact) mass is 358 g/mol. The van der Waals surface area contributed by atoms with E-state index in [-0.39, 0.29) is 0 Å². The second-order valence-electron chi connectivity index (χ2n) is 6.04. The molecule has 124 valence electrons. The van der Waals surface area contributed by atoms with Gasteiger partial charge in [-0.2, -0.15) is 5.10 Å². The van der Waals surface area contributed by atoms with E-state index in [9.17, 15) is 5.11 Å². The number of nitrogens with zero attached hydrogens (tertiary/aromatic N) is 2. The number of benzene rings is 1. The molecule has 0 unspecified atom stereocenters. The summed E-state index contributed by atoms with van der Waals surface area (Å²) in [5.41, 5.74) is 1.30. The highest BCUT2D eigenvalue weighted by Crippen LogP contribution is 2.34. The molecule has 2 heterocycles. The van der Waals surface area contributed by atoms with Crippen LogP contribution in [-0.4, -0.2) is 14.9 Å². The second-order valence-corrected chi connectivity index (χ2v) is 7.56. The van der Waals surface area contributed by atoms with Crippen molar-refractivity contribution in [2.75, 3.05) is 0 Å². The normalized spacial score (nSPS) is 12.2. The molecule has 1 N–H and O–H groups in total. The number of aliphatic hydroxyl groups is 1. The summed E-state index contributed by atoms with van der Waals surface area (Å²) in [5.74, 6) is 0. The summed E-state index contributed by atoms with van der Waals surface area (Å²) in [4.78, 5) is 2.25. The van der Waals surface area contributed by atoms with Gasteiger partial charge in [0.2, 0.25) is 0 Å². The summed E-state index contributed by atoms with van der Waals surface area (Å²) in [7, 11) is 0. The SMILES string of the molecule is C/C=C/c1ccc(-c2cc(C(C)(C)O)nn2-c2ccccc2Cl)s1. The molecule has 0 radical (unpaired) electrons. The van der Waals surface area contributed by atoms with Gasteiger partial charge in [-0.05, 0) is 57.2 Å². The van der Waals surface area contributed by atoms with Crippen molar-refractivity contribution >= 4 is 29.0 Å². The van der Waals surface area contributed by atoms with Crippen molar-refractivity contribution in [2.45, 2.75) is 26.4 Å². The molecule has 3 aromatic rings. The molecule has 0 aliphatic heterocycles. The maximum absolute atomic E-state index is 10.4. The van der Waals surface area contributed by atoms with Crippen molar-refractivity contribution in [1.29, 1.82) is 0 Å². The molecule has 0 aliphatic carbocycles. The zero-order valence-electron chi connectivity index (χ0n) is 13.8. The van der Waals surface area contributed by atoms with Gasteiger partial charge in [0.25, 0.3) is 0 Å². The number of rotatable bonds is 4. The van der Waals surface area contributed by atoms with E-state index in [1.165, 1.54) is 4.88 Å². The van der Waals surface area contributed by atoms with Gasteiger partial charge in [0, 0.05) is 4.88 Å². The molecule has 0 saturated heterocycles. The van der Waals surface area contributed by atoms with Crippen LogP contribution < -0.4 is 0 Å². The number of halogens is 1. The lowest BCUT2D eigenvalue weighted by atomic mass is 10.1. The number of hydrogen-bond acceptors (Lipinski definition) is 3. The van der Waals surface area contributed by atoms with Crippen LogP contribution in [0.15, 0.2) is 48.5 Å². The topological polar surface area (TPSA) is 38.1 Å². The van der Waals surface area contributed by atoms with Crippen molar-refractivity contribution in [3.05, 3.63) is 64.1 Å². The van der Waals surface area contributed by atoms with Crippen molar-refractivity contribution in [3.63, 3.8) is 0 Å².